The van der Waals surface area contributed by atoms with Crippen molar-refractivity contribution in [3.63, 3.8) is 0 Å². The Hall–Kier alpha value is -3.17. The van der Waals surface area contributed by atoms with E-state index in [9.17, 15) is 19.1 Å². The van der Waals surface area contributed by atoms with Gasteiger partial charge in [0.15, 0.2) is 0 Å². The van der Waals surface area contributed by atoms with E-state index in [0.29, 0.717) is 16.8 Å². The van der Waals surface area contributed by atoms with Gasteiger partial charge in [0.05, 0.1) is 12.1 Å². The molecule has 2 rings (SSSR count). The Bertz CT molecular complexity index is 812. The zero-order chi connectivity index (χ0) is 18.4. The number of benzene rings is 2. The first-order chi connectivity index (χ1) is 11.9. The van der Waals surface area contributed by atoms with Crippen molar-refractivity contribution in [1.29, 1.82) is 0 Å². The lowest BCUT2D eigenvalue weighted by Gasteiger charge is -2.20. The predicted octanol–water partition coefficient (Wildman–Crippen LogP) is 1.98. The summed E-state index contributed by atoms with van der Waals surface area (Å²) < 4.78 is 12.9. The number of nitrogens with one attached hydrogen (secondary N) is 2. The lowest BCUT2D eigenvalue weighted by atomic mass is 10.0. The number of anilines is 1. The van der Waals surface area contributed by atoms with E-state index < -0.39 is 29.8 Å². The zero-order valence-electron chi connectivity index (χ0n) is 13.5. The predicted molar refractivity (Wildman–Crippen MR) is 92.0 cm³/mol. The summed E-state index contributed by atoms with van der Waals surface area (Å²) in [4.78, 5) is 23.9. The van der Waals surface area contributed by atoms with Crippen molar-refractivity contribution < 1.29 is 19.1 Å². The van der Waals surface area contributed by atoms with E-state index in [0.717, 1.165) is 0 Å². The molecule has 0 aliphatic heterocycles. The summed E-state index contributed by atoms with van der Waals surface area (Å²) in [6.45, 7) is 1.54. The lowest BCUT2D eigenvalue weighted by molar-refractivity contribution is -0.137. The molecular weight excluding hydrogens is 323 g/mol. The fraction of sp³-hybridized carbons (Fsp3) is 0.158. The van der Waals surface area contributed by atoms with Crippen molar-refractivity contribution >= 4 is 17.5 Å². The Morgan fingerprint density at radius 2 is 1.84 bits per heavy atom. The first-order valence-corrected chi connectivity index (χ1v) is 7.52. The van der Waals surface area contributed by atoms with E-state index >= 15 is 0 Å². The Morgan fingerprint density at radius 3 is 2.48 bits per heavy atom. The molecule has 0 bridgehead atoms. The average Bonchev–Trinajstić information content (AvgIpc) is 2.61. The van der Waals surface area contributed by atoms with Gasteiger partial charge < -0.3 is 15.7 Å². The number of aliphatic hydroxyl groups excluding tert-OH is 1. The third-order valence-electron chi connectivity index (χ3n) is 3.54. The van der Waals surface area contributed by atoms with Crippen LogP contribution in [0.4, 0.5) is 10.1 Å². The van der Waals surface area contributed by atoms with Crippen molar-refractivity contribution in [2.75, 3.05) is 5.32 Å². The molecule has 0 aliphatic rings. The van der Waals surface area contributed by atoms with Gasteiger partial charge in [0.25, 0.3) is 0 Å². The fourth-order valence-corrected chi connectivity index (χ4v) is 2.17. The zero-order valence-corrected chi connectivity index (χ0v) is 13.5. The van der Waals surface area contributed by atoms with Gasteiger partial charge in [0, 0.05) is 11.3 Å². The van der Waals surface area contributed by atoms with E-state index in [2.05, 4.69) is 16.6 Å². The van der Waals surface area contributed by atoms with Crippen molar-refractivity contribution in [1.82, 2.24) is 5.32 Å². The highest BCUT2D eigenvalue weighted by atomic mass is 19.1. The summed E-state index contributed by atoms with van der Waals surface area (Å²) >= 11 is 0. The van der Waals surface area contributed by atoms with Crippen LogP contribution in [-0.4, -0.2) is 23.0 Å². The van der Waals surface area contributed by atoms with Gasteiger partial charge in [-0.15, -0.1) is 6.42 Å². The normalized spacial score (nSPS) is 12.6. The van der Waals surface area contributed by atoms with Gasteiger partial charge >= 0.3 is 11.8 Å². The number of aliphatic hydroxyl groups is 1. The Morgan fingerprint density at radius 1 is 1.16 bits per heavy atom. The van der Waals surface area contributed by atoms with Crippen LogP contribution < -0.4 is 10.6 Å². The largest absolute Gasteiger partial charge is 0.386 e. The van der Waals surface area contributed by atoms with Gasteiger partial charge in [-0.25, -0.2) is 4.39 Å². The van der Waals surface area contributed by atoms with E-state index in [-0.39, 0.29) is 0 Å². The molecule has 0 aromatic heterocycles. The topological polar surface area (TPSA) is 78.4 Å². The number of hydrogen-bond acceptors (Lipinski definition) is 3. The molecule has 2 amide bonds. The molecular formula is C19H17FN2O3. The molecule has 0 saturated heterocycles. The standard InChI is InChI=1S/C19H17FN2O3/c1-3-13-5-4-6-16(11-13)22-19(25)18(24)21-12(2)17(23)14-7-9-15(20)10-8-14/h1,4-12,17,23H,2H3,(H,21,24)(H,22,25). The minimum Gasteiger partial charge on any atom is -0.386 e. The maximum atomic E-state index is 12.9. The number of hydrogen-bond donors (Lipinski definition) is 3. The van der Waals surface area contributed by atoms with Crippen molar-refractivity contribution in [3.8, 4) is 12.3 Å². The van der Waals surface area contributed by atoms with Crippen molar-refractivity contribution in [2.24, 2.45) is 0 Å². The number of rotatable bonds is 4. The molecule has 0 saturated carbocycles. The number of carbonyl (C=O) groups is 2. The molecule has 2 aromatic carbocycles. The SMILES string of the molecule is C#Cc1cccc(NC(=O)C(=O)NC(C)C(O)c2ccc(F)cc2)c1. The van der Waals surface area contributed by atoms with Crippen LogP contribution in [-0.2, 0) is 9.59 Å². The minimum absolute atomic E-state index is 0.391. The van der Waals surface area contributed by atoms with Gasteiger partial charge in [-0.3, -0.25) is 9.59 Å². The third-order valence-corrected chi connectivity index (χ3v) is 3.54. The molecule has 3 N–H and O–H groups in total. The van der Waals surface area contributed by atoms with Crippen LogP contribution in [0, 0.1) is 18.2 Å². The molecule has 25 heavy (non-hydrogen) atoms. The van der Waals surface area contributed by atoms with Gasteiger partial charge in [0.1, 0.15) is 5.82 Å². The molecule has 0 spiro atoms. The van der Waals surface area contributed by atoms with Gasteiger partial charge in [0.2, 0.25) is 0 Å². The van der Waals surface area contributed by atoms with Gasteiger partial charge in [-0.1, -0.05) is 24.1 Å². The monoisotopic (exact) mass is 340 g/mol. The number of amides is 2. The van der Waals surface area contributed by atoms with Crippen LogP contribution in [0.5, 0.6) is 0 Å². The van der Waals surface area contributed by atoms with E-state index in [1.807, 2.05) is 0 Å². The number of halogens is 1. The summed E-state index contributed by atoms with van der Waals surface area (Å²) in [5.74, 6) is 0.213. The second kappa shape index (κ2) is 8.08. The maximum Gasteiger partial charge on any atom is 0.313 e. The van der Waals surface area contributed by atoms with E-state index in [1.165, 1.54) is 31.2 Å². The van der Waals surface area contributed by atoms with Gasteiger partial charge in [-0.05, 0) is 42.8 Å². The highest BCUT2D eigenvalue weighted by Crippen LogP contribution is 2.17. The van der Waals surface area contributed by atoms with Crippen LogP contribution in [0.1, 0.15) is 24.2 Å². The van der Waals surface area contributed by atoms with Gasteiger partial charge in [-0.2, -0.15) is 0 Å². The van der Waals surface area contributed by atoms with Crippen molar-refractivity contribution in [3.05, 3.63) is 65.5 Å². The Labute approximate surface area is 144 Å². The first kappa shape index (κ1) is 18.2. The number of terminal acetylenes is 1. The molecule has 6 heteroatoms. The Kier molecular flexibility index (Phi) is 5.88. The van der Waals surface area contributed by atoms with Crippen LogP contribution in [0.25, 0.3) is 0 Å². The quantitative estimate of drug-likeness (QED) is 0.588. The number of carbonyl (C=O) groups excluding carboxylic acids is 2. The van der Waals surface area contributed by atoms with Crippen LogP contribution in [0.2, 0.25) is 0 Å². The van der Waals surface area contributed by atoms with Crippen LogP contribution in [0.15, 0.2) is 48.5 Å². The molecule has 128 valence electrons. The highest BCUT2D eigenvalue weighted by Gasteiger charge is 2.22. The first-order valence-electron chi connectivity index (χ1n) is 7.52. The summed E-state index contributed by atoms with van der Waals surface area (Å²) in [6, 6.07) is 11.0. The molecule has 2 aromatic rings. The summed E-state index contributed by atoms with van der Waals surface area (Å²) in [6.07, 6.45) is 4.20. The molecule has 2 atom stereocenters. The summed E-state index contributed by atoms with van der Waals surface area (Å²) in [5, 5.41) is 15.0. The van der Waals surface area contributed by atoms with Crippen LogP contribution >= 0.6 is 0 Å². The fourth-order valence-electron chi connectivity index (χ4n) is 2.17. The molecule has 2 unspecified atom stereocenters. The molecule has 5 nitrogen and oxygen atoms in total. The van der Waals surface area contributed by atoms with E-state index in [4.69, 9.17) is 6.42 Å². The average molecular weight is 340 g/mol. The molecule has 0 aliphatic carbocycles. The van der Waals surface area contributed by atoms with Crippen molar-refractivity contribution in [2.45, 2.75) is 19.1 Å². The lowest BCUT2D eigenvalue weighted by Crippen LogP contribution is -2.43. The minimum atomic E-state index is -1.08. The molecule has 0 fully saturated rings. The summed E-state index contributed by atoms with van der Waals surface area (Å²) in [7, 11) is 0. The summed E-state index contributed by atoms with van der Waals surface area (Å²) in [5.41, 5.74) is 1.39. The second-order valence-electron chi connectivity index (χ2n) is 5.44. The van der Waals surface area contributed by atoms with Crippen LogP contribution in [0.3, 0.4) is 0 Å². The maximum absolute atomic E-state index is 12.9. The highest BCUT2D eigenvalue weighted by molar-refractivity contribution is 6.39. The second-order valence-corrected chi connectivity index (χ2v) is 5.44. The third kappa shape index (κ3) is 4.90. The Balaban J connectivity index is 1.96. The smallest absolute Gasteiger partial charge is 0.313 e. The molecule has 0 radical (unpaired) electrons. The molecule has 0 heterocycles. The van der Waals surface area contributed by atoms with E-state index in [1.54, 1.807) is 24.3 Å².